The Bertz CT molecular complexity index is 3410. The van der Waals surface area contributed by atoms with E-state index in [-0.39, 0.29) is 76.6 Å². The Hall–Kier alpha value is -6.85. The Balaban J connectivity index is 0.710. The second-order valence-corrected chi connectivity index (χ2v) is 25.0. The molecule has 85 heavy (non-hydrogen) atoms. The SMILES string of the molecule is C=CC(=O)N1CCN(c2nc(OC3CCN(CCOCCN4CCN(N(C(C)=O)[C@H](C(=O)N5C[C@H](O)C[C@H]5C(=O)N[C@@H](C)c5ccc(-c6scnc6C)cc5)C(C)(C)C)CC4)CC3)nc3c(F)c(-c4cc(O)cc5ccccc45)c(Cl)cc23)CC1. The number of piperidine rings is 1. The van der Waals surface area contributed by atoms with E-state index in [4.69, 9.17) is 31.0 Å². The predicted octanol–water partition coefficient (Wildman–Crippen LogP) is 7.71. The van der Waals surface area contributed by atoms with Crippen molar-refractivity contribution in [3.63, 3.8) is 0 Å². The number of anilines is 1. The van der Waals surface area contributed by atoms with Crippen molar-refractivity contribution < 1.29 is 43.3 Å². The summed E-state index contributed by atoms with van der Waals surface area (Å²) in [6, 6.07) is 18.0. The Kier molecular flexibility index (Phi) is 19.0. The number of phenolic OH excluding ortho intramolecular Hbond substituents is 1. The lowest BCUT2D eigenvalue weighted by molar-refractivity contribution is -0.176. The number of likely N-dealkylation sites (tertiary alicyclic amines) is 2. The number of nitrogens with one attached hydrogen (secondary N) is 1. The van der Waals surface area contributed by atoms with Crippen LogP contribution in [0.2, 0.25) is 5.02 Å². The zero-order valence-electron chi connectivity index (χ0n) is 49.3. The third-order valence-corrected chi connectivity index (χ3v) is 18.1. The molecular weight excluding hydrogens is 1130 g/mol. The summed E-state index contributed by atoms with van der Waals surface area (Å²) >= 11 is 8.53. The van der Waals surface area contributed by atoms with Crippen molar-refractivity contribution in [2.45, 2.75) is 91.1 Å². The van der Waals surface area contributed by atoms with Crippen molar-refractivity contribution in [2.75, 3.05) is 103 Å². The molecule has 2 aromatic heterocycles. The number of halogens is 2. The van der Waals surface area contributed by atoms with Crippen LogP contribution in [0.1, 0.15) is 71.2 Å². The first-order chi connectivity index (χ1) is 40.8. The molecule has 0 bridgehead atoms. The number of carbonyl (C=O) groups is 4. The van der Waals surface area contributed by atoms with Crippen LogP contribution in [-0.2, 0) is 23.9 Å². The van der Waals surface area contributed by atoms with E-state index in [1.54, 1.807) is 33.4 Å². The molecule has 19 nitrogen and oxygen atoms in total. The van der Waals surface area contributed by atoms with Crippen molar-refractivity contribution in [3.8, 4) is 33.3 Å². The minimum absolute atomic E-state index is 0.0124. The van der Waals surface area contributed by atoms with Gasteiger partial charge in [0.2, 0.25) is 23.6 Å². The molecule has 0 spiro atoms. The molecule has 4 aliphatic heterocycles. The van der Waals surface area contributed by atoms with Crippen molar-refractivity contribution >= 4 is 74.1 Å². The van der Waals surface area contributed by atoms with Crippen LogP contribution in [0.5, 0.6) is 11.8 Å². The maximum Gasteiger partial charge on any atom is 0.319 e. The van der Waals surface area contributed by atoms with E-state index >= 15 is 4.39 Å². The minimum atomic E-state index is -0.927. The number of fused-ring (bicyclic) bond motifs is 2. The van der Waals surface area contributed by atoms with Gasteiger partial charge in [0.25, 0.3) is 0 Å². The smallest absolute Gasteiger partial charge is 0.319 e. The topological polar surface area (TPSA) is 201 Å². The highest BCUT2D eigenvalue weighted by Gasteiger charge is 2.49. The minimum Gasteiger partial charge on any atom is -0.508 e. The van der Waals surface area contributed by atoms with Crippen molar-refractivity contribution in [1.82, 2.24) is 49.9 Å². The summed E-state index contributed by atoms with van der Waals surface area (Å²) in [5.41, 5.74) is 4.60. The number of aliphatic hydroxyl groups excluding tert-OH is 1. The zero-order chi connectivity index (χ0) is 60.3. The van der Waals surface area contributed by atoms with Crippen molar-refractivity contribution in [1.29, 1.82) is 0 Å². The number of ether oxygens (including phenoxy) is 2. The number of phenols is 1. The van der Waals surface area contributed by atoms with Gasteiger partial charge in [-0.05, 0) is 83.8 Å². The second kappa shape index (κ2) is 26.4. The number of β-amino-alcohol motifs (C(OH)–C–C–N with tert-alkyl or cyclic N) is 1. The highest BCUT2D eigenvalue weighted by Crippen LogP contribution is 2.43. The molecule has 6 heterocycles. The Morgan fingerprint density at radius 1 is 0.918 bits per heavy atom. The second-order valence-electron chi connectivity index (χ2n) is 23.7. The predicted molar refractivity (Wildman–Crippen MR) is 328 cm³/mol. The first-order valence-corrected chi connectivity index (χ1v) is 30.6. The first kappa shape index (κ1) is 61.2. The quantitative estimate of drug-likeness (QED) is 0.0558. The van der Waals surface area contributed by atoms with Crippen LogP contribution in [0.3, 0.4) is 0 Å². The lowest BCUT2D eigenvalue weighted by atomic mass is 9.85. The van der Waals surface area contributed by atoms with Crippen LogP contribution >= 0.6 is 22.9 Å². The van der Waals surface area contributed by atoms with Crippen molar-refractivity contribution in [3.05, 3.63) is 107 Å². The summed E-state index contributed by atoms with van der Waals surface area (Å²) in [6.45, 7) is 22.7. The van der Waals surface area contributed by atoms with Gasteiger partial charge in [0, 0.05) is 109 Å². The number of aromatic hydroxyl groups is 1. The number of hydrogen-bond acceptors (Lipinski definition) is 16. The number of amides is 4. The van der Waals surface area contributed by atoms with Gasteiger partial charge in [-0.2, -0.15) is 9.97 Å². The summed E-state index contributed by atoms with van der Waals surface area (Å²) in [4.78, 5) is 79.8. The van der Waals surface area contributed by atoms with Gasteiger partial charge in [0.15, 0.2) is 5.82 Å². The number of aliphatic hydroxyl groups is 1. The molecule has 0 unspecified atom stereocenters. The number of nitrogens with zero attached hydrogens (tertiary/aromatic N) is 10. The number of hydrogen-bond donors (Lipinski definition) is 3. The molecule has 0 saturated carbocycles. The average Bonchev–Trinajstić information content (AvgIpc) is 1.97. The molecule has 4 aliphatic rings. The third kappa shape index (κ3) is 13.7. The monoisotopic (exact) mass is 1200 g/mol. The standard InChI is InChI=1S/C63H77ClFN11O8S/c1-8-53(80)72-23-25-73(26-24-72)59-50-36-51(64)54(49-34-45(78)33-44-11-9-10-12-48(44)49)55(65)56(50)68-62(69-59)84-47-17-19-70(20-18-47)29-31-83-32-30-71-21-27-74(28-22-71)76(41(4)77)58(63(5,6)7)61(82)75-37-46(79)35-52(75)60(81)67-39(2)42-13-15-43(16-14-42)57-40(3)66-38-85-57/h8-16,33-34,36,38-39,46-47,52,58,78-79H,1,17-32,35,37H2,2-7H3,(H,67,81)/t39-,46+,52-,58+/m0/s1. The Morgan fingerprint density at radius 2 is 1.60 bits per heavy atom. The largest absolute Gasteiger partial charge is 0.508 e. The number of thiazole rings is 1. The maximum atomic E-state index is 17.2. The fourth-order valence-corrected chi connectivity index (χ4v) is 13.4. The molecule has 6 aromatic rings. The van der Waals surface area contributed by atoms with Crippen LogP contribution in [0.15, 0.2) is 84.9 Å². The molecule has 4 fully saturated rings. The average molecular weight is 1200 g/mol. The summed E-state index contributed by atoms with van der Waals surface area (Å²) in [7, 11) is 0. The van der Waals surface area contributed by atoms with Gasteiger partial charge in [-0.3, -0.25) is 29.1 Å². The Labute approximate surface area is 504 Å². The van der Waals surface area contributed by atoms with Gasteiger partial charge < -0.3 is 44.6 Å². The van der Waals surface area contributed by atoms with Crippen LogP contribution in [0, 0.1) is 18.2 Å². The third-order valence-electron chi connectivity index (χ3n) is 16.9. The number of aryl methyl sites for hydroxylation is 1. The molecule has 4 saturated heterocycles. The number of carbonyl (C=O) groups excluding carboxylic acids is 4. The maximum absolute atomic E-state index is 17.2. The lowest BCUT2D eigenvalue weighted by Gasteiger charge is -2.48. The molecule has 0 aliphatic carbocycles. The summed E-state index contributed by atoms with van der Waals surface area (Å²) in [5, 5.41) is 30.2. The van der Waals surface area contributed by atoms with Gasteiger partial charge in [-0.15, -0.1) is 11.3 Å². The number of aromatic nitrogens is 3. The number of benzene rings is 4. The molecule has 10 rings (SSSR count). The highest BCUT2D eigenvalue weighted by atomic mass is 35.5. The van der Waals surface area contributed by atoms with Crippen LogP contribution in [0.25, 0.3) is 43.2 Å². The van der Waals surface area contributed by atoms with Gasteiger partial charge in [-0.1, -0.05) is 87.5 Å². The number of rotatable bonds is 18. The van der Waals surface area contributed by atoms with Gasteiger partial charge >= 0.3 is 6.01 Å². The van der Waals surface area contributed by atoms with E-state index in [1.165, 1.54) is 24.0 Å². The molecular formula is C63H77ClFN11O8S. The van der Waals surface area contributed by atoms with E-state index in [0.717, 1.165) is 52.1 Å². The fourth-order valence-electron chi connectivity index (χ4n) is 12.3. The molecule has 22 heteroatoms. The normalized spacial score (nSPS) is 19.3. The van der Waals surface area contributed by atoms with E-state index in [0.29, 0.717) is 102 Å². The molecule has 4 amide bonds. The number of hydrazine groups is 1. The van der Waals surface area contributed by atoms with E-state index in [9.17, 15) is 29.4 Å². The molecule has 4 aromatic carbocycles. The summed E-state index contributed by atoms with van der Waals surface area (Å²) in [6.07, 6.45) is 1.64. The van der Waals surface area contributed by atoms with Gasteiger partial charge in [0.1, 0.15) is 35.3 Å². The van der Waals surface area contributed by atoms with Crippen molar-refractivity contribution in [2.24, 2.45) is 5.41 Å². The summed E-state index contributed by atoms with van der Waals surface area (Å²) < 4.78 is 29.9. The van der Waals surface area contributed by atoms with Crippen LogP contribution < -0.4 is 15.0 Å². The lowest BCUT2D eigenvalue weighted by Crippen LogP contribution is -2.65. The highest BCUT2D eigenvalue weighted by molar-refractivity contribution is 7.13. The van der Waals surface area contributed by atoms with Crippen LogP contribution in [0.4, 0.5) is 10.2 Å². The van der Waals surface area contributed by atoms with E-state index in [1.807, 2.05) is 98.6 Å². The fraction of sp³-hybridized carbons (Fsp3) is 0.476. The summed E-state index contributed by atoms with van der Waals surface area (Å²) in [5.74, 6) is -1.39. The van der Waals surface area contributed by atoms with Gasteiger partial charge in [0.05, 0.1) is 46.5 Å². The molecule has 452 valence electrons. The van der Waals surface area contributed by atoms with E-state index < -0.39 is 29.4 Å². The molecule has 3 N–H and O–H groups in total. The first-order valence-electron chi connectivity index (χ1n) is 29.4. The number of piperazine rings is 2. The van der Waals surface area contributed by atoms with Gasteiger partial charge in [-0.25, -0.2) is 14.4 Å². The molecule has 0 radical (unpaired) electrons. The Morgan fingerprint density at radius 3 is 2.25 bits per heavy atom. The van der Waals surface area contributed by atoms with E-state index in [2.05, 4.69) is 26.7 Å². The molecule has 4 atom stereocenters. The zero-order valence-corrected chi connectivity index (χ0v) is 50.9. The van der Waals surface area contributed by atoms with Crippen LogP contribution in [-0.4, -0.2) is 201 Å².